The molecule has 5 nitrogen and oxygen atoms in total. The molecule has 0 bridgehead atoms. The van der Waals surface area contributed by atoms with Gasteiger partial charge in [0.2, 0.25) is 0 Å². The molecule has 1 saturated heterocycles. The Morgan fingerprint density at radius 2 is 2.00 bits per heavy atom. The van der Waals surface area contributed by atoms with Crippen molar-refractivity contribution >= 4 is 5.82 Å². The molecule has 1 fully saturated rings. The number of aliphatic hydroxyl groups excluding tert-OH is 2. The van der Waals surface area contributed by atoms with Crippen molar-refractivity contribution in [1.29, 1.82) is 0 Å². The first-order chi connectivity index (χ1) is 10.8. The minimum absolute atomic E-state index is 0.0207. The van der Waals surface area contributed by atoms with Crippen LogP contribution in [0.25, 0.3) is 0 Å². The van der Waals surface area contributed by atoms with Crippen molar-refractivity contribution in [2.24, 2.45) is 11.8 Å². The summed E-state index contributed by atoms with van der Waals surface area (Å²) in [6.07, 6.45) is -3.23. The summed E-state index contributed by atoms with van der Waals surface area (Å²) in [5.74, 6) is 0.381. The summed E-state index contributed by atoms with van der Waals surface area (Å²) in [6, 6.07) is 2.00. The number of nitrogens with zero attached hydrogens (tertiary/aromatic N) is 3. The first-order valence-electron chi connectivity index (χ1n) is 7.53. The van der Waals surface area contributed by atoms with E-state index in [-0.39, 0.29) is 30.9 Å². The molecule has 0 saturated carbocycles. The Labute approximate surface area is 133 Å². The van der Waals surface area contributed by atoms with Crippen LogP contribution in [0, 0.1) is 11.8 Å². The summed E-state index contributed by atoms with van der Waals surface area (Å²) in [6.45, 7) is 2.23. The van der Waals surface area contributed by atoms with Crippen LogP contribution in [0.1, 0.15) is 5.56 Å². The second-order valence-electron chi connectivity index (χ2n) is 5.99. The molecular formula is C15H22F3N3O2. The summed E-state index contributed by atoms with van der Waals surface area (Å²) < 4.78 is 38.4. The van der Waals surface area contributed by atoms with Crippen LogP contribution >= 0.6 is 0 Å². The molecule has 2 rings (SSSR count). The highest BCUT2D eigenvalue weighted by Crippen LogP contribution is 2.33. The van der Waals surface area contributed by atoms with Crippen molar-refractivity contribution in [3.63, 3.8) is 0 Å². The molecule has 2 heterocycles. The standard InChI is InChI=1S/C15H22F3N3O2/c1-20(4-5-22)7-11-8-21(9-12(11)10-23)14-6-13(2-3-19-14)15(16,17)18/h2-3,6,11-12,22-23H,4-5,7-10H2,1H3/t11-,12-/m1/s1. The van der Waals surface area contributed by atoms with E-state index in [9.17, 15) is 18.3 Å². The Morgan fingerprint density at radius 3 is 2.61 bits per heavy atom. The number of aliphatic hydroxyl groups is 2. The maximum absolute atomic E-state index is 12.8. The fourth-order valence-electron chi connectivity index (χ4n) is 2.97. The van der Waals surface area contributed by atoms with Crippen LogP contribution in [-0.2, 0) is 6.18 Å². The molecule has 2 atom stereocenters. The summed E-state index contributed by atoms with van der Waals surface area (Å²) in [5.41, 5.74) is -0.719. The van der Waals surface area contributed by atoms with E-state index < -0.39 is 11.7 Å². The minimum atomic E-state index is -4.39. The van der Waals surface area contributed by atoms with Crippen molar-refractivity contribution < 1.29 is 23.4 Å². The Kier molecular flexibility index (Phi) is 5.83. The van der Waals surface area contributed by atoms with E-state index >= 15 is 0 Å². The van der Waals surface area contributed by atoms with E-state index in [2.05, 4.69) is 4.98 Å². The zero-order valence-corrected chi connectivity index (χ0v) is 13.0. The molecule has 0 aromatic carbocycles. The van der Waals surface area contributed by atoms with Gasteiger partial charge in [-0.1, -0.05) is 0 Å². The van der Waals surface area contributed by atoms with Crippen molar-refractivity contribution in [3.05, 3.63) is 23.9 Å². The van der Waals surface area contributed by atoms with Crippen LogP contribution < -0.4 is 4.90 Å². The first kappa shape index (κ1) is 18.0. The molecular weight excluding hydrogens is 311 g/mol. The molecule has 1 aliphatic rings. The SMILES string of the molecule is CN(CCO)C[C@@H]1CN(c2cc(C(F)(F)F)ccn2)C[C@@H]1CO. The average molecular weight is 333 g/mol. The van der Waals surface area contributed by atoms with Gasteiger partial charge < -0.3 is 20.0 Å². The fourth-order valence-corrected chi connectivity index (χ4v) is 2.97. The number of hydrogen-bond acceptors (Lipinski definition) is 5. The van der Waals surface area contributed by atoms with Crippen molar-refractivity contribution in [3.8, 4) is 0 Å². The average Bonchev–Trinajstić information content (AvgIpc) is 2.89. The van der Waals surface area contributed by atoms with Crippen LogP contribution in [0.15, 0.2) is 18.3 Å². The quantitative estimate of drug-likeness (QED) is 0.816. The van der Waals surface area contributed by atoms with Crippen LogP contribution in [-0.4, -0.2) is 66.5 Å². The summed E-state index contributed by atoms with van der Waals surface area (Å²) in [5, 5.41) is 18.5. The van der Waals surface area contributed by atoms with E-state index in [4.69, 9.17) is 5.11 Å². The smallest absolute Gasteiger partial charge is 0.396 e. The molecule has 1 aliphatic heterocycles. The lowest BCUT2D eigenvalue weighted by Crippen LogP contribution is -2.33. The fraction of sp³-hybridized carbons (Fsp3) is 0.667. The molecule has 130 valence electrons. The lowest BCUT2D eigenvalue weighted by Gasteiger charge is -2.23. The number of rotatable bonds is 6. The van der Waals surface area contributed by atoms with Gasteiger partial charge >= 0.3 is 6.18 Å². The van der Waals surface area contributed by atoms with Gasteiger partial charge in [0, 0.05) is 44.9 Å². The summed E-state index contributed by atoms with van der Waals surface area (Å²) in [4.78, 5) is 7.78. The highest BCUT2D eigenvalue weighted by atomic mass is 19.4. The van der Waals surface area contributed by atoms with Crippen LogP contribution in [0.2, 0.25) is 0 Å². The third-order valence-electron chi connectivity index (χ3n) is 4.24. The first-order valence-corrected chi connectivity index (χ1v) is 7.53. The molecule has 0 unspecified atom stereocenters. The van der Waals surface area contributed by atoms with Gasteiger partial charge in [-0.05, 0) is 25.1 Å². The van der Waals surface area contributed by atoms with Gasteiger partial charge in [-0.25, -0.2) is 4.98 Å². The number of hydrogen-bond donors (Lipinski definition) is 2. The topological polar surface area (TPSA) is 59.8 Å². The van der Waals surface area contributed by atoms with Gasteiger partial charge in [0.05, 0.1) is 12.2 Å². The molecule has 8 heteroatoms. The largest absolute Gasteiger partial charge is 0.416 e. The lowest BCUT2D eigenvalue weighted by atomic mass is 9.96. The highest BCUT2D eigenvalue weighted by Gasteiger charge is 2.35. The number of aromatic nitrogens is 1. The normalized spacial score (nSPS) is 22.1. The van der Waals surface area contributed by atoms with E-state index in [1.807, 2.05) is 11.9 Å². The van der Waals surface area contributed by atoms with E-state index in [0.29, 0.717) is 26.2 Å². The number of likely N-dealkylation sites (N-methyl/N-ethyl adjacent to an activating group) is 1. The van der Waals surface area contributed by atoms with Gasteiger partial charge in [0.1, 0.15) is 5.82 Å². The minimum Gasteiger partial charge on any atom is -0.396 e. The molecule has 0 aliphatic carbocycles. The Bertz CT molecular complexity index is 513. The Balaban J connectivity index is 2.10. The molecule has 0 spiro atoms. The Morgan fingerprint density at radius 1 is 1.30 bits per heavy atom. The zero-order chi connectivity index (χ0) is 17.0. The molecule has 2 N–H and O–H groups in total. The van der Waals surface area contributed by atoms with Crippen molar-refractivity contribution in [2.75, 3.05) is 51.3 Å². The molecule has 1 aromatic heterocycles. The predicted octanol–water partition coefficient (Wildman–Crippen LogP) is 1.07. The lowest BCUT2D eigenvalue weighted by molar-refractivity contribution is -0.137. The maximum atomic E-state index is 12.8. The monoisotopic (exact) mass is 333 g/mol. The van der Waals surface area contributed by atoms with E-state index in [0.717, 1.165) is 18.3 Å². The van der Waals surface area contributed by atoms with Crippen LogP contribution in [0.5, 0.6) is 0 Å². The Hall–Kier alpha value is -1.38. The van der Waals surface area contributed by atoms with Gasteiger partial charge in [-0.15, -0.1) is 0 Å². The molecule has 1 aromatic rings. The number of alkyl halides is 3. The number of pyridine rings is 1. The van der Waals surface area contributed by atoms with E-state index in [1.54, 1.807) is 4.90 Å². The van der Waals surface area contributed by atoms with Crippen molar-refractivity contribution in [1.82, 2.24) is 9.88 Å². The van der Waals surface area contributed by atoms with Crippen LogP contribution in [0.4, 0.5) is 19.0 Å². The predicted molar refractivity (Wildman–Crippen MR) is 80.1 cm³/mol. The number of anilines is 1. The van der Waals surface area contributed by atoms with Gasteiger partial charge in [-0.2, -0.15) is 13.2 Å². The van der Waals surface area contributed by atoms with Gasteiger partial charge in [-0.3, -0.25) is 0 Å². The summed E-state index contributed by atoms with van der Waals surface area (Å²) in [7, 11) is 1.87. The molecule has 0 amide bonds. The van der Waals surface area contributed by atoms with Gasteiger partial charge in [0.15, 0.2) is 0 Å². The summed E-state index contributed by atoms with van der Waals surface area (Å²) >= 11 is 0. The third kappa shape index (κ3) is 4.55. The third-order valence-corrected chi connectivity index (χ3v) is 4.24. The van der Waals surface area contributed by atoms with Crippen molar-refractivity contribution in [2.45, 2.75) is 6.18 Å². The second kappa shape index (κ2) is 7.46. The maximum Gasteiger partial charge on any atom is 0.416 e. The highest BCUT2D eigenvalue weighted by molar-refractivity contribution is 5.43. The number of halogens is 3. The van der Waals surface area contributed by atoms with E-state index in [1.165, 1.54) is 0 Å². The van der Waals surface area contributed by atoms with Gasteiger partial charge in [0.25, 0.3) is 0 Å². The molecule has 0 radical (unpaired) electrons. The zero-order valence-electron chi connectivity index (χ0n) is 13.0. The molecule has 23 heavy (non-hydrogen) atoms. The van der Waals surface area contributed by atoms with Crippen LogP contribution in [0.3, 0.4) is 0 Å². The second-order valence-corrected chi connectivity index (χ2v) is 5.99.